The summed E-state index contributed by atoms with van der Waals surface area (Å²) in [5, 5.41) is 16.5. The summed E-state index contributed by atoms with van der Waals surface area (Å²) in [6.45, 7) is 0.846. The average Bonchev–Trinajstić information content (AvgIpc) is 3.28. The van der Waals surface area contributed by atoms with Gasteiger partial charge in [0, 0.05) is 34.4 Å². The topological polar surface area (TPSA) is 78.9 Å². The van der Waals surface area contributed by atoms with Crippen molar-refractivity contribution >= 4 is 33.2 Å². The maximum Gasteiger partial charge on any atom is 0.244 e. The van der Waals surface area contributed by atoms with Gasteiger partial charge in [0.1, 0.15) is 18.6 Å². The maximum atomic E-state index is 12.3. The van der Waals surface area contributed by atoms with Crippen LogP contribution in [0.5, 0.6) is 5.75 Å². The highest BCUT2D eigenvalue weighted by atomic mass is 32.1. The minimum Gasteiger partial charge on any atom is -0.489 e. The molecule has 2 atom stereocenters. The van der Waals surface area contributed by atoms with Crippen molar-refractivity contribution in [2.24, 2.45) is 0 Å². The molecular formula is C22H20N2O4S. The zero-order valence-electron chi connectivity index (χ0n) is 15.6. The highest BCUT2D eigenvalue weighted by Gasteiger charge is 2.40. The third-order valence-corrected chi connectivity index (χ3v) is 6.67. The first-order chi connectivity index (χ1) is 14.1. The van der Waals surface area contributed by atoms with Gasteiger partial charge in [-0.2, -0.15) is 0 Å². The summed E-state index contributed by atoms with van der Waals surface area (Å²) >= 11 is 1.69. The normalized spacial score (nSPS) is 22.0. The van der Waals surface area contributed by atoms with Gasteiger partial charge in [0.15, 0.2) is 0 Å². The smallest absolute Gasteiger partial charge is 0.244 e. The van der Waals surface area contributed by atoms with Crippen LogP contribution in [-0.4, -0.2) is 27.9 Å². The number of benzene rings is 2. The number of carbonyl (C=O) groups is 2. The van der Waals surface area contributed by atoms with Gasteiger partial charge >= 0.3 is 0 Å². The Labute approximate surface area is 171 Å². The molecule has 2 aromatic carbocycles. The van der Waals surface area contributed by atoms with Gasteiger partial charge in [-0.15, -0.1) is 11.3 Å². The Morgan fingerprint density at radius 1 is 1.17 bits per heavy atom. The number of nitrogens with zero attached hydrogens (tertiary/aromatic N) is 1. The van der Waals surface area contributed by atoms with Crippen molar-refractivity contribution in [2.45, 2.75) is 38.3 Å². The van der Waals surface area contributed by atoms with E-state index in [0.717, 1.165) is 16.7 Å². The first kappa shape index (κ1) is 18.3. The van der Waals surface area contributed by atoms with Crippen LogP contribution in [0, 0.1) is 0 Å². The van der Waals surface area contributed by atoms with Crippen LogP contribution in [0.4, 0.5) is 0 Å². The minimum atomic E-state index is -0.889. The minimum absolute atomic E-state index is 0.260. The summed E-state index contributed by atoms with van der Waals surface area (Å²) in [6, 6.07) is 13.3. The number of imide groups is 1. The number of rotatable bonds is 4. The summed E-state index contributed by atoms with van der Waals surface area (Å²) in [5.74, 6) is 0.108. The summed E-state index contributed by atoms with van der Waals surface area (Å²) < 4.78 is 7.37. The van der Waals surface area contributed by atoms with Crippen molar-refractivity contribution in [3.8, 4) is 5.75 Å². The third-order valence-electron chi connectivity index (χ3n) is 5.66. The van der Waals surface area contributed by atoms with Crippen molar-refractivity contribution in [3.63, 3.8) is 0 Å². The Bertz CT molecular complexity index is 1110. The van der Waals surface area contributed by atoms with E-state index in [1.165, 1.54) is 10.1 Å². The SMILES string of the molecule is O=C1CCC(N2Cc3c(OCc4csc5ccccc45)cccc3C2O)C(=O)N1. The van der Waals surface area contributed by atoms with E-state index < -0.39 is 12.3 Å². The Morgan fingerprint density at radius 3 is 2.90 bits per heavy atom. The number of piperidine rings is 1. The Morgan fingerprint density at radius 2 is 2.03 bits per heavy atom. The van der Waals surface area contributed by atoms with Crippen LogP contribution in [-0.2, 0) is 22.7 Å². The number of hydrogen-bond donors (Lipinski definition) is 2. The lowest BCUT2D eigenvalue weighted by molar-refractivity contribution is -0.141. The molecule has 0 spiro atoms. The fourth-order valence-corrected chi connectivity index (χ4v) is 5.10. The average molecular weight is 408 g/mol. The second-order valence-electron chi connectivity index (χ2n) is 7.38. The number of thiophene rings is 1. The fraction of sp³-hybridized carbons (Fsp3) is 0.273. The maximum absolute atomic E-state index is 12.3. The van der Waals surface area contributed by atoms with Crippen molar-refractivity contribution in [1.29, 1.82) is 0 Å². The quantitative estimate of drug-likeness (QED) is 0.649. The van der Waals surface area contributed by atoms with E-state index in [1.54, 1.807) is 16.2 Å². The van der Waals surface area contributed by atoms with Gasteiger partial charge in [0.05, 0.1) is 6.04 Å². The molecule has 7 heteroatoms. The number of aliphatic hydroxyl groups is 1. The van der Waals surface area contributed by atoms with Gasteiger partial charge in [-0.3, -0.25) is 19.8 Å². The molecule has 2 N–H and O–H groups in total. The van der Waals surface area contributed by atoms with E-state index in [4.69, 9.17) is 4.74 Å². The molecule has 29 heavy (non-hydrogen) atoms. The second-order valence-corrected chi connectivity index (χ2v) is 8.29. The van der Waals surface area contributed by atoms with Crippen LogP contribution in [0.1, 0.15) is 35.8 Å². The largest absolute Gasteiger partial charge is 0.489 e. The third kappa shape index (κ3) is 3.21. The molecule has 2 aliphatic rings. The van der Waals surface area contributed by atoms with Crippen molar-refractivity contribution < 1.29 is 19.4 Å². The van der Waals surface area contributed by atoms with Crippen molar-refractivity contribution in [2.75, 3.05) is 0 Å². The summed E-state index contributed by atoms with van der Waals surface area (Å²) in [7, 11) is 0. The second kappa shape index (κ2) is 7.26. The molecule has 3 heterocycles. The number of aliphatic hydroxyl groups excluding tert-OH is 1. The number of hydrogen-bond acceptors (Lipinski definition) is 6. The van der Waals surface area contributed by atoms with Crippen LogP contribution in [0.3, 0.4) is 0 Å². The lowest BCUT2D eigenvalue weighted by Crippen LogP contribution is -2.51. The first-order valence-corrected chi connectivity index (χ1v) is 10.5. The van der Waals surface area contributed by atoms with Gasteiger partial charge in [-0.05, 0) is 29.3 Å². The van der Waals surface area contributed by atoms with Gasteiger partial charge < -0.3 is 9.84 Å². The molecular weight excluding hydrogens is 388 g/mol. The molecule has 0 aliphatic carbocycles. The Hall–Kier alpha value is -2.74. The number of fused-ring (bicyclic) bond motifs is 2. The number of amides is 2. The van der Waals surface area contributed by atoms with E-state index in [1.807, 2.05) is 30.3 Å². The molecule has 1 aromatic heterocycles. The summed E-state index contributed by atoms with van der Waals surface area (Å²) in [5.41, 5.74) is 2.77. The molecule has 2 unspecified atom stereocenters. The molecule has 0 saturated carbocycles. The van der Waals surface area contributed by atoms with Crippen LogP contribution in [0.25, 0.3) is 10.1 Å². The number of carbonyl (C=O) groups excluding carboxylic acids is 2. The fourth-order valence-electron chi connectivity index (χ4n) is 4.16. The number of nitrogens with one attached hydrogen (secondary N) is 1. The van der Waals surface area contributed by atoms with E-state index in [-0.39, 0.29) is 18.2 Å². The van der Waals surface area contributed by atoms with Crippen LogP contribution in [0.2, 0.25) is 0 Å². The molecule has 6 nitrogen and oxygen atoms in total. The summed E-state index contributed by atoms with van der Waals surface area (Å²) in [6.07, 6.45) is -0.198. The van der Waals surface area contributed by atoms with E-state index in [9.17, 15) is 14.7 Å². The molecule has 148 valence electrons. The molecule has 1 saturated heterocycles. The molecule has 2 aliphatic heterocycles. The predicted octanol–water partition coefficient (Wildman–Crippen LogP) is 3.09. The predicted molar refractivity (Wildman–Crippen MR) is 109 cm³/mol. The highest BCUT2D eigenvalue weighted by molar-refractivity contribution is 7.17. The molecule has 5 rings (SSSR count). The van der Waals surface area contributed by atoms with E-state index >= 15 is 0 Å². The highest BCUT2D eigenvalue weighted by Crippen LogP contribution is 2.40. The first-order valence-electron chi connectivity index (χ1n) is 9.59. The zero-order chi connectivity index (χ0) is 20.0. The zero-order valence-corrected chi connectivity index (χ0v) is 16.4. The lowest BCUT2D eigenvalue weighted by Gasteiger charge is -2.31. The molecule has 0 bridgehead atoms. The van der Waals surface area contributed by atoms with Gasteiger partial charge in [0.2, 0.25) is 11.8 Å². The van der Waals surface area contributed by atoms with Crippen LogP contribution >= 0.6 is 11.3 Å². The Kier molecular flexibility index (Phi) is 4.58. The van der Waals surface area contributed by atoms with Gasteiger partial charge in [0.25, 0.3) is 0 Å². The molecule has 3 aromatic rings. The molecule has 2 amide bonds. The van der Waals surface area contributed by atoms with Crippen molar-refractivity contribution in [3.05, 3.63) is 64.5 Å². The van der Waals surface area contributed by atoms with Crippen LogP contribution < -0.4 is 10.1 Å². The van der Waals surface area contributed by atoms with Crippen molar-refractivity contribution in [1.82, 2.24) is 10.2 Å². The lowest BCUT2D eigenvalue weighted by atomic mass is 10.0. The summed E-state index contributed by atoms with van der Waals surface area (Å²) in [4.78, 5) is 25.4. The van der Waals surface area contributed by atoms with E-state index in [2.05, 4.69) is 22.8 Å². The standard InChI is InChI=1S/C22H20N2O4S/c25-20-9-8-17(21(26)23-20)24-10-16-15(22(24)27)5-3-6-18(16)28-11-13-12-29-19-7-2-1-4-14(13)19/h1-7,12,17,22,27H,8-11H2,(H,23,25,26). The van der Waals surface area contributed by atoms with E-state index in [0.29, 0.717) is 25.3 Å². The van der Waals surface area contributed by atoms with Gasteiger partial charge in [-0.1, -0.05) is 30.3 Å². The number of ether oxygens (including phenoxy) is 1. The van der Waals surface area contributed by atoms with Crippen LogP contribution in [0.15, 0.2) is 47.8 Å². The molecule has 1 fully saturated rings. The molecule has 0 radical (unpaired) electrons. The Balaban J connectivity index is 1.37. The monoisotopic (exact) mass is 408 g/mol. The van der Waals surface area contributed by atoms with Gasteiger partial charge in [-0.25, -0.2) is 0 Å².